The highest BCUT2D eigenvalue weighted by atomic mass is 16.2. The molecule has 0 bridgehead atoms. The zero-order valence-electron chi connectivity index (χ0n) is 13.5. The summed E-state index contributed by atoms with van der Waals surface area (Å²) in [5.41, 5.74) is 1.67. The Bertz CT molecular complexity index is 589. The molecule has 23 heavy (non-hydrogen) atoms. The van der Waals surface area contributed by atoms with Crippen molar-refractivity contribution in [3.8, 4) is 0 Å². The van der Waals surface area contributed by atoms with Crippen molar-refractivity contribution in [2.45, 2.75) is 44.6 Å². The van der Waals surface area contributed by atoms with Crippen molar-refractivity contribution >= 4 is 11.8 Å². The topological polar surface area (TPSA) is 49.4 Å². The van der Waals surface area contributed by atoms with Gasteiger partial charge in [-0.05, 0) is 44.1 Å². The molecule has 3 rings (SSSR count). The summed E-state index contributed by atoms with van der Waals surface area (Å²) >= 11 is 0. The highest BCUT2D eigenvalue weighted by molar-refractivity contribution is 5.97. The summed E-state index contributed by atoms with van der Waals surface area (Å²) in [7, 11) is 0. The van der Waals surface area contributed by atoms with Crippen LogP contribution in [0.5, 0.6) is 0 Å². The Hall–Kier alpha value is -2.10. The van der Waals surface area contributed by atoms with E-state index >= 15 is 0 Å². The van der Waals surface area contributed by atoms with Crippen molar-refractivity contribution in [1.82, 2.24) is 10.2 Å². The summed E-state index contributed by atoms with van der Waals surface area (Å²) in [5.74, 6) is -0.0791. The van der Waals surface area contributed by atoms with Crippen molar-refractivity contribution in [2.24, 2.45) is 0 Å². The second-order valence-corrected chi connectivity index (χ2v) is 6.32. The number of rotatable bonds is 4. The van der Waals surface area contributed by atoms with Gasteiger partial charge in [-0.25, -0.2) is 0 Å². The van der Waals surface area contributed by atoms with Crippen LogP contribution < -0.4 is 5.32 Å². The van der Waals surface area contributed by atoms with Gasteiger partial charge in [-0.15, -0.1) is 0 Å². The number of hydrogen-bond acceptors (Lipinski definition) is 2. The second-order valence-electron chi connectivity index (χ2n) is 6.32. The van der Waals surface area contributed by atoms with Gasteiger partial charge in [-0.3, -0.25) is 9.59 Å². The van der Waals surface area contributed by atoms with Gasteiger partial charge in [-0.1, -0.05) is 36.4 Å². The molecule has 2 amide bonds. The lowest BCUT2D eigenvalue weighted by Gasteiger charge is -2.31. The van der Waals surface area contributed by atoms with Gasteiger partial charge in [0.15, 0.2) is 0 Å². The Morgan fingerprint density at radius 1 is 1.00 bits per heavy atom. The lowest BCUT2D eigenvalue weighted by Crippen LogP contribution is -2.45. The Kier molecular flexibility index (Phi) is 5.11. The maximum absolute atomic E-state index is 12.9. The average molecular weight is 312 g/mol. The van der Waals surface area contributed by atoms with E-state index in [4.69, 9.17) is 0 Å². The first-order chi connectivity index (χ1) is 11.3. The molecule has 1 N–H and O–H groups in total. The van der Waals surface area contributed by atoms with Crippen LogP contribution in [0.2, 0.25) is 0 Å². The number of nitrogens with zero attached hydrogens (tertiary/aromatic N) is 1. The van der Waals surface area contributed by atoms with Gasteiger partial charge >= 0.3 is 0 Å². The predicted molar refractivity (Wildman–Crippen MR) is 89.7 cm³/mol. The molecule has 1 saturated heterocycles. The van der Waals surface area contributed by atoms with E-state index in [0.717, 1.165) is 56.3 Å². The molecule has 1 aromatic rings. The standard InChI is InChI=1S/C19H24N2O2/c22-18(16-11-5-6-12-16)20-17(15-9-3-1-4-10-15)19(23)21-13-7-2-8-14-21/h1,3-4,9-11,17H,2,5-8,12-14H2,(H,20,22)/t17-/m1/s1. The normalized spacial score (nSPS) is 19.1. The Morgan fingerprint density at radius 2 is 1.74 bits per heavy atom. The second kappa shape index (κ2) is 7.44. The van der Waals surface area contributed by atoms with Gasteiger partial charge in [0.1, 0.15) is 6.04 Å². The molecule has 0 saturated carbocycles. The van der Waals surface area contributed by atoms with Crippen LogP contribution in [-0.4, -0.2) is 29.8 Å². The maximum Gasteiger partial charge on any atom is 0.249 e. The number of carbonyl (C=O) groups excluding carboxylic acids is 2. The van der Waals surface area contributed by atoms with Crippen molar-refractivity contribution in [1.29, 1.82) is 0 Å². The number of carbonyl (C=O) groups is 2. The molecular formula is C19H24N2O2. The van der Waals surface area contributed by atoms with Crippen molar-refractivity contribution in [3.63, 3.8) is 0 Å². The summed E-state index contributed by atoms with van der Waals surface area (Å²) in [5, 5.41) is 2.97. The van der Waals surface area contributed by atoms with E-state index in [-0.39, 0.29) is 11.8 Å². The van der Waals surface area contributed by atoms with Crippen LogP contribution in [0.4, 0.5) is 0 Å². The fourth-order valence-electron chi connectivity index (χ4n) is 3.33. The van der Waals surface area contributed by atoms with E-state index in [1.807, 2.05) is 41.3 Å². The molecule has 1 aromatic carbocycles. The molecule has 1 heterocycles. The zero-order valence-corrected chi connectivity index (χ0v) is 13.5. The van der Waals surface area contributed by atoms with Gasteiger partial charge in [-0.2, -0.15) is 0 Å². The minimum atomic E-state index is -0.580. The van der Waals surface area contributed by atoms with E-state index in [1.165, 1.54) is 6.42 Å². The number of allylic oxidation sites excluding steroid dienone is 1. The van der Waals surface area contributed by atoms with Crippen LogP contribution in [0.15, 0.2) is 42.0 Å². The van der Waals surface area contributed by atoms with Crippen LogP contribution in [0, 0.1) is 0 Å². The molecule has 1 fully saturated rings. The van der Waals surface area contributed by atoms with E-state index in [2.05, 4.69) is 5.32 Å². The maximum atomic E-state index is 12.9. The van der Waals surface area contributed by atoms with Crippen molar-refractivity contribution < 1.29 is 9.59 Å². The third-order valence-corrected chi connectivity index (χ3v) is 4.66. The first kappa shape index (κ1) is 15.8. The van der Waals surface area contributed by atoms with Crippen LogP contribution in [0.3, 0.4) is 0 Å². The Balaban J connectivity index is 1.78. The SMILES string of the molecule is O=C(N[C@@H](C(=O)N1CCCCC1)c1ccccc1)C1=CCCC1. The van der Waals surface area contributed by atoms with E-state index in [0.29, 0.717) is 0 Å². The molecule has 122 valence electrons. The number of benzene rings is 1. The zero-order chi connectivity index (χ0) is 16.1. The number of likely N-dealkylation sites (tertiary alicyclic amines) is 1. The highest BCUT2D eigenvalue weighted by Crippen LogP contribution is 2.22. The predicted octanol–water partition coefficient (Wildman–Crippen LogP) is 2.97. The summed E-state index contributed by atoms with van der Waals surface area (Å²) in [6.45, 7) is 1.58. The van der Waals surface area contributed by atoms with Crippen LogP contribution in [0.1, 0.15) is 50.1 Å². The van der Waals surface area contributed by atoms with Gasteiger partial charge in [0.2, 0.25) is 11.8 Å². The third kappa shape index (κ3) is 3.81. The minimum absolute atomic E-state index is 0.0165. The first-order valence-corrected chi connectivity index (χ1v) is 8.59. The molecule has 2 aliphatic rings. The number of amides is 2. The molecule has 0 spiro atoms. The molecule has 0 unspecified atom stereocenters. The fraction of sp³-hybridized carbons (Fsp3) is 0.474. The Labute approximate surface area is 137 Å². The first-order valence-electron chi connectivity index (χ1n) is 8.59. The lowest BCUT2D eigenvalue weighted by molar-refractivity contribution is -0.136. The van der Waals surface area contributed by atoms with Crippen molar-refractivity contribution in [2.75, 3.05) is 13.1 Å². The number of piperidine rings is 1. The van der Waals surface area contributed by atoms with E-state index in [1.54, 1.807) is 0 Å². The summed E-state index contributed by atoms with van der Waals surface area (Å²) in [6, 6.07) is 8.99. The van der Waals surface area contributed by atoms with Crippen molar-refractivity contribution in [3.05, 3.63) is 47.5 Å². The number of hydrogen-bond donors (Lipinski definition) is 1. The molecule has 1 aliphatic carbocycles. The highest BCUT2D eigenvalue weighted by Gasteiger charge is 2.29. The van der Waals surface area contributed by atoms with Crippen LogP contribution in [-0.2, 0) is 9.59 Å². The van der Waals surface area contributed by atoms with E-state index < -0.39 is 6.04 Å². The monoisotopic (exact) mass is 312 g/mol. The molecular weight excluding hydrogens is 288 g/mol. The molecule has 4 heteroatoms. The van der Waals surface area contributed by atoms with E-state index in [9.17, 15) is 9.59 Å². The van der Waals surface area contributed by atoms with Gasteiger partial charge in [0, 0.05) is 18.7 Å². The number of nitrogens with one attached hydrogen (secondary N) is 1. The molecule has 0 aromatic heterocycles. The minimum Gasteiger partial charge on any atom is -0.341 e. The summed E-state index contributed by atoms with van der Waals surface area (Å²) in [4.78, 5) is 27.3. The molecule has 4 nitrogen and oxygen atoms in total. The summed E-state index contributed by atoms with van der Waals surface area (Å²) in [6.07, 6.45) is 8.06. The van der Waals surface area contributed by atoms with Crippen LogP contribution >= 0.6 is 0 Å². The summed E-state index contributed by atoms with van der Waals surface area (Å²) < 4.78 is 0. The fourth-order valence-corrected chi connectivity index (χ4v) is 3.33. The van der Waals surface area contributed by atoms with Gasteiger partial charge in [0.05, 0.1) is 0 Å². The quantitative estimate of drug-likeness (QED) is 0.929. The molecule has 1 atom stereocenters. The van der Waals surface area contributed by atoms with Gasteiger partial charge < -0.3 is 10.2 Å². The van der Waals surface area contributed by atoms with Gasteiger partial charge in [0.25, 0.3) is 0 Å². The average Bonchev–Trinajstić information content (AvgIpc) is 3.15. The smallest absolute Gasteiger partial charge is 0.249 e. The molecule has 1 aliphatic heterocycles. The molecule has 0 radical (unpaired) electrons. The largest absolute Gasteiger partial charge is 0.341 e. The van der Waals surface area contributed by atoms with Crippen LogP contribution in [0.25, 0.3) is 0 Å². The Morgan fingerprint density at radius 3 is 2.39 bits per heavy atom. The lowest BCUT2D eigenvalue weighted by atomic mass is 10.0. The third-order valence-electron chi connectivity index (χ3n) is 4.66.